The summed E-state index contributed by atoms with van der Waals surface area (Å²) in [7, 11) is 0. The lowest BCUT2D eigenvalue weighted by Crippen LogP contribution is -1.88. The molecule has 0 amide bonds. The molecule has 11 heavy (non-hydrogen) atoms. The molecule has 2 nitrogen and oxygen atoms in total. The number of hydrogen-bond acceptors (Lipinski definition) is 2. The Kier molecular flexibility index (Phi) is 7.13. The molecule has 0 saturated heterocycles. The third-order valence-electron chi connectivity index (χ3n) is 0.904. The zero-order valence-corrected chi connectivity index (χ0v) is 8.58. The lowest BCUT2D eigenvalue weighted by Gasteiger charge is -1.83. The van der Waals surface area contributed by atoms with Gasteiger partial charge in [-0.15, -0.1) is 0 Å². The predicted molar refractivity (Wildman–Crippen MR) is 58.7 cm³/mol. The van der Waals surface area contributed by atoms with E-state index in [1.165, 1.54) is 3.58 Å². The molecule has 0 aromatic carbocycles. The van der Waals surface area contributed by atoms with Crippen molar-refractivity contribution in [3.05, 3.63) is 34.1 Å². The molecule has 0 saturated carbocycles. The summed E-state index contributed by atoms with van der Waals surface area (Å²) in [6.45, 7) is 5.26. The predicted octanol–water partition coefficient (Wildman–Crippen LogP) is 2.60. The smallest absolute Gasteiger partial charge is 0.0199 e. The zero-order chi connectivity index (χ0) is 8.53. The van der Waals surface area contributed by atoms with Crippen LogP contribution < -0.4 is 5.43 Å². The van der Waals surface area contributed by atoms with E-state index >= 15 is 0 Å². The van der Waals surface area contributed by atoms with Crippen LogP contribution in [0.5, 0.6) is 0 Å². The molecule has 0 bridgehead atoms. The first-order chi connectivity index (χ1) is 5.31. The maximum Gasteiger partial charge on any atom is 0.0199 e. The average Bonchev–Trinajstić information content (AvgIpc) is 2.04. The highest BCUT2D eigenvalue weighted by Crippen LogP contribution is 2.05. The van der Waals surface area contributed by atoms with Gasteiger partial charge in [-0.3, -0.25) is 5.43 Å². The van der Waals surface area contributed by atoms with Crippen LogP contribution in [-0.4, -0.2) is 6.72 Å². The second-order valence-electron chi connectivity index (χ2n) is 1.68. The van der Waals surface area contributed by atoms with Crippen molar-refractivity contribution in [2.75, 3.05) is 0 Å². The highest BCUT2D eigenvalue weighted by Gasteiger charge is 1.74. The highest BCUT2D eigenvalue weighted by atomic mass is 127. The lowest BCUT2D eigenvalue weighted by atomic mass is 10.4. The van der Waals surface area contributed by atoms with Gasteiger partial charge in [0.05, 0.1) is 0 Å². The molecule has 3 heteroatoms. The number of rotatable bonds is 4. The van der Waals surface area contributed by atoms with E-state index in [4.69, 9.17) is 0 Å². The van der Waals surface area contributed by atoms with Gasteiger partial charge in [-0.1, -0.05) is 12.2 Å². The standard InChI is InChI=1S/C8H11IN2/c1-3-8(9)6-4-5-7-11-10-2/h3-7,11H,2H2,1H3/b6-4-,7-5-,8-3-. The van der Waals surface area contributed by atoms with E-state index in [0.717, 1.165) is 0 Å². The van der Waals surface area contributed by atoms with Gasteiger partial charge in [-0.25, -0.2) is 0 Å². The second-order valence-corrected chi connectivity index (χ2v) is 2.92. The third-order valence-corrected chi connectivity index (χ3v) is 1.89. The highest BCUT2D eigenvalue weighted by molar-refractivity contribution is 14.1. The summed E-state index contributed by atoms with van der Waals surface area (Å²) in [5.41, 5.74) is 2.60. The van der Waals surface area contributed by atoms with Crippen LogP contribution in [0.4, 0.5) is 0 Å². The van der Waals surface area contributed by atoms with Crippen molar-refractivity contribution >= 4 is 29.3 Å². The van der Waals surface area contributed by atoms with Gasteiger partial charge in [0.2, 0.25) is 0 Å². The van der Waals surface area contributed by atoms with Gasteiger partial charge in [0, 0.05) is 16.5 Å². The molecule has 1 N–H and O–H groups in total. The summed E-state index contributed by atoms with van der Waals surface area (Å²) in [6.07, 6.45) is 9.53. The van der Waals surface area contributed by atoms with E-state index in [0.29, 0.717) is 0 Å². The van der Waals surface area contributed by atoms with Crippen LogP contribution in [0.1, 0.15) is 6.92 Å². The molecule has 0 radical (unpaired) electrons. The Bertz CT molecular complexity index is 192. The van der Waals surface area contributed by atoms with Gasteiger partial charge < -0.3 is 0 Å². The lowest BCUT2D eigenvalue weighted by molar-refractivity contribution is 0.982. The van der Waals surface area contributed by atoms with E-state index in [-0.39, 0.29) is 0 Å². The Morgan fingerprint density at radius 2 is 2.27 bits per heavy atom. The Labute approximate surface area is 80.9 Å². The van der Waals surface area contributed by atoms with Crippen molar-refractivity contribution in [1.29, 1.82) is 0 Å². The maximum absolute atomic E-state index is 3.44. The van der Waals surface area contributed by atoms with Crippen LogP contribution in [0.15, 0.2) is 39.2 Å². The summed E-state index contributed by atoms with van der Waals surface area (Å²) in [5.74, 6) is 0. The van der Waals surface area contributed by atoms with Crippen molar-refractivity contribution in [3.8, 4) is 0 Å². The fourth-order valence-corrected chi connectivity index (χ4v) is 0.603. The van der Waals surface area contributed by atoms with Crippen molar-refractivity contribution in [2.45, 2.75) is 6.92 Å². The molecule has 0 fully saturated rings. The van der Waals surface area contributed by atoms with Crippen LogP contribution >= 0.6 is 22.6 Å². The maximum atomic E-state index is 3.44. The average molecular weight is 262 g/mol. The number of hydrazone groups is 1. The number of hydrogen-bond donors (Lipinski definition) is 1. The number of halogens is 1. The topological polar surface area (TPSA) is 24.4 Å². The first-order valence-electron chi connectivity index (χ1n) is 3.17. The van der Waals surface area contributed by atoms with Crippen LogP contribution in [0.2, 0.25) is 0 Å². The van der Waals surface area contributed by atoms with Crippen molar-refractivity contribution in [3.63, 3.8) is 0 Å². The van der Waals surface area contributed by atoms with Gasteiger partial charge in [-0.05, 0) is 41.7 Å². The first-order valence-corrected chi connectivity index (χ1v) is 4.25. The van der Waals surface area contributed by atoms with Gasteiger partial charge in [0.15, 0.2) is 0 Å². The molecule has 0 aliphatic carbocycles. The summed E-state index contributed by atoms with van der Waals surface area (Å²) in [4.78, 5) is 0. The van der Waals surface area contributed by atoms with Gasteiger partial charge in [-0.2, -0.15) is 5.10 Å². The minimum Gasteiger partial charge on any atom is -0.286 e. The van der Waals surface area contributed by atoms with E-state index in [1.54, 1.807) is 6.20 Å². The molecular formula is C8H11IN2. The van der Waals surface area contributed by atoms with Gasteiger partial charge >= 0.3 is 0 Å². The molecule has 0 atom stereocenters. The van der Waals surface area contributed by atoms with E-state index in [2.05, 4.69) is 39.8 Å². The van der Waals surface area contributed by atoms with E-state index < -0.39 is 0 Å². The second kappa shape index (κ2) is 7.53. The Morgan fingerprint density at radius 3 is 2.82 bits per heavy atom. The Morgan fingerprint density at radius 1 is 1.55 bits per heavy atom. The largest absolute Gasteiger partial charge is 0.286 e. The minimum absolute atomic E-state index is 1.21. The minimum atomic E-state index is 1.21. The zero-order valence-electron chi connectivity index (χ0n) is 6.42. The summed E-state index contributed by atoms with van der Waals surface area (Å²) in [6, 6.07) is 0. The quantitative estimate of drug-likeness (QED) is 0.358. The molecule has 0 rings (SSSR count). The van der Waals surface area contributed by atoms with Crippen molar-refractivity contribution in [2.24, 2.45) is 5.10 Å². The Balaban J connectivity index is 3.67. The van der Waals surface area contributed by atoms with Crippen LogP contribution in [-0.2, 0) is 0 Å². The van der Waals surface area contributed by atoms with Crippen molar-refractivity contribution < 1.29 is 0 Å². The van der Waals surface area contributed by atoms with Crippen LogP contribution in [0.25, 0.3) is 0 Å². The molecule has 60 valence electrons. The fraction of sp³-hybridized carbons (Fsp3) is 0.125. The number of nitrogens with zero attached hydrogens (tertiary/aromatic N) is 1. The number of allylic oxidation sites excluding steroid dienone is 5. The summed E-state index contributed by atoms with van der Waals surface area (Å²) in [5, 5.41) is 3.44. The monoisotopic (exact) mass is 262 g/mol. The van der Waals surface area contributed by atoms with Gasteiger partial charge in [0.25, 0.3) is 0 Å². The van der Waals surface area contributed by atoms with Crippen LogP contribution in [0, 0.1) is 0 Å². The SMILES string of the molecule is C=NN\C=C/C=C\C(I)=C\C. The number of nitrogens with one attached hydrogen (secondary N) is 1. The third kappa shape index (κ3) is 7.32. The molecule has 0 aliphatic rings. The molecule has 0 unspecified atom stereocenters. The Hall–Kier alpha value is -0.580. The molecule has 0 spiro atoms. The molecule has 0 aromatic heterocycles. The molecular weight excluding hydrogens is 251 g/mol. The normalized spacial score (nSPS) is 12.7. The van der Waals surface area contributed by atoms with Crippen LogP contribution in [0.3, 0.4) is 0 Å². The van der Waals surface area contributed by atoms with E-state index in [1.807, 2.05) is 31.2 Å². The molecule has 0 aliphatic heterocycles. The van der Waals surface area contributed by atoms with Gasteiger partial charge in [0.1, 0.15) is 0 Å². The summed E-state index contributed by atoms with van der Waals surface area (Å²) < 4.78 is 1.21. The first kappa shape index (κ1) is 10.4. The molecule has 0 heterocycles. The summed E-state index contributed by atoms with van der Waals surface area (Å²) >= 11 is 2.25. The van der Waals surface area contributed by atoms with Crippen molar-refractivity contribution in [1.82, 2.24) is 5.43 Å². The fourth-order valence-electron chi connectivity index (χ4n) is 0.395. The van der Waals surface area contributed by atoms with E-state index in [9.17, 15) is 0 Å². The molecule has 0 aromatic rings.